The van der Waals surface area contributed by atoms with Gasteiger partial charge in [-0.2, -0.15) is 0 Å². The first-order valence-corrected chi connectivity index (χ1v) is 7.58. The average Bonchev–Trinajstić information content (AvgIpc) is 2.38. The normalized spacial score (nSPS) is 9.72. The maximum Gasteiger partial charge on any atom is 0.441 e. The van der Waals surface area contributed by atoms with Gasteiger partial charge in [0.1, 0.15) is 5.75 Å². The predicted octanol–water partition coefficient (Wildman–Crippen LogP) is 4.59. The van der Waals surface area contributed by atoms with Crippen molar-refractivity contribution in [2.45, 2.75) is 0 Å². The van der Waals surface area contributed by atoms with Gasteiger partial charge in [-0.15, -0.1) is 0 Å². The summed E-state index contributed by atoms with van der Waals surface area (Å²) in [7, 11) is 0.868. The van der Waals surface area contributed by atoms with E-state index in [0.29, 0.717) is 11.3 Å². The fraction of sp³-hybridized carbons (Fsp3) is 0.0833. The van der Waals surface area contributed by atoms with Crippen molar-refractivity contribution < 1.29 is 14.1 Å². The molecule has 0 spiro atoms. The minimum atomic E-state index is -0.694. The van der Waals surface area contributed by atoms with Crippen LogP contribution in [0.4, 0.5) is 0 Å². The van der Waals surface area contributed by atoms with Crippen LogP contribution in [0.1, 0.15) is 10.4 Å². The van der Waals surface area contributed by atoms with E-state index in [-0.39, 0.29) is 0 Å². The third kappa shape index (κ3) is 3.52. The first-order valence-electron chi connectivity index (χ1n) is 4.87. The molecule has 0 aliphatic heterocycles. The first-order chi connectivity index (χ1) is 8.67. The molecule has 0 aliphatic rings. The first kappa shape index (κ1) is 15.1. The molecule has 0 fully saturated rings. The predicted molar refractivity (Wildman–Crippen MR) is 78.4 cm³/mol. The quantitative estimate of drug-likeness (QED) is 0.589. The van der Waals surface area contributed by atoms with Crippen LogP contribution in [0.3, 0.4) is 0 Å². The van der Waals surface area contributed by atoms with E-state index in [1.165, 1.54) is 0 Å². The van der Waals surface area contributed by atoms with Gasteiger partial charge in [-0.05, 0) is 29.0 Å². The lowest BCUT2D eigenvalue weighted by Crippen LogP contribution is -1.91. The van der Waals surface area contributed by atoms with Crippen molar-refractivity contribution in [3.8, 4) is 5.75 Å². The molecule has 0 radical (unpaired) electrons. The van der Waals surface area contributed by atoms with Crippen molar-refractivity contribution in [3.05, 3.63) is 40.4 Å². The van der Waals surface area contributed by atoms with Crippen LogP contribution >= 0.6 is 35.0 Å². The molecule has 0 heterocycles. The van der Waals surface area contributed by atoms with E-state index in [9.17, 15) is 4.79 Å². The van der Waals surface area contributed by atoms with Gasteiger partial charge < -0.3 is 4.74 Å². The van der Waals surface area contributed by atoms with Gasteiger partial charge in [-0.1, -0.05) is 32.6 Å². The highest BCUT2D eigenvalue weighted by molar-refractivity contribution is 9.10. The molecule has 3 nitrogen and oxygen atoms in total. The van der Waals surface area contributed by atoms with Crippen LogP contribution in [0.2, 0.25) is 0 Å². The summed E-state index contributed by atoms with van der Waals surface area (Å²) in [4.78, 5) is 11.0. The lowest BCUT2D eigenvalue weighted by atomic mass is 10.0. The number of hydrogen-bond acceptors (Lipinski definition) is 3. The van der Waals surface area contributed by atoms with E-state index >= 15 is 0 Å². The molecule has 6 heteroatoms. The number of ether oxygens (including phenoxy) is 1. The zero-order chi connectivity index (χ0) is 13.5. The third-order valence-electron chi connectivity index (χ3n) is 2.32. The molecule has 2 aromatic rings. The summed E-state index contributed by atoms with van der Waals surface area (Å²) in [5.74, 6) is 0.611. The van der Waals surface area contributed by atoms with E-state index in [1.54, 1.807) is 13.2 Å². The standard InChI is InChI=1S/C12H9BrO2.ClOP/c1-15-12-5-2-8-6-9(13)3-4-10(8)11(12)7-14;1-3-2/h2-7H,1H3;/p+1. The second-order valence-corrected chi connectivity index (χ2v) is 4.77. The van der Waals surface area contributed by atoms with Gasteiger partial charge >= 0.3 is 7.81 Å². The molecule has 0 N–H and O–H groups in total. The Morgan fingerprint density at radius 2 is 2.00 bits per heavy atom. The molecule has 0 bridgehead atoms. The van der Waals surface area contributed by atoms with E-state index < -0.39 is 7.81 Å². The second-order valence-electron chi connectivity index (χ2n) is 3.24. The summed E-state index contributed by atoms with van der Waals surface area (Å²) in [6.45, 7) is 0. The summed E-state index contributed by atoms with van der Waals surface area (Å²) in [5.41, 5.74) is 0.600. The number of aldehydes is 1. The van der Waals surface area contributed by atoms with E-state index in [1.807, 2.05) is 24.3 Å². The number of halogens is 2. The van der Waals surface area contributed by atoms with Gasteiger partial charge in [-0.25, -0.2) is 0 Å². The summed E-state index contributed by atoms with van der Waals surface area (Å²) in [6.07, 6.45) is 0.828. The molecule has 0 saturated heterocycles. The number of carbonyl (C=O) groups excluding carboxylic acids is 1. The van der Waals surface area contributed by atoms with Crippen molar-refractivity contribution in [1.82, 2.24) is 0 Å². The molecular formula is C12H10BrClO3P+. The highest BCUT2D eigenvalue weighted by atomic mass is 79.9. The summed E-state index contributed by atoms with van der Waals surface area (Å²) >= 11 is 7.87. The van der Waals surface area contributed by atoms with Crippen LogP contribution < -0.4 is 4.74 Å². The Labute approximate surface area is 119 Å². The minimum Gasteiger partial charge on any atom is -0.496 e. The van der Waals surface area contributed by atoms with E-state index in [2.05, 4.69) is 27.2 Å². The third-order valence-corrected chi connectivity index (χ3v) is 2.81. The Kier molecular flexibility index (Phi) is 6.27. The van der Waals surface area contributed by atoms with Gasteiger partial charge in [0.15, 0.2) is 6.29 Å². The fourth-order valence-electron chi connectivity index (χ4n) is 1.60. The Balaban J connectivity index is 0.000000492. The number of fused-ring (bicyclic) bond motifs is 1. The van der Waals surface area contributed by atoms with Gasteiger partial charge in [0.2, 0.25) is 11.2 Å². The Morgan fingerprint density at radius 3 is 2.56 bits per heavy atom. The van der Waals surface area contributed by atoms with Crippen LogP contribution in [0, 0.1) is 0 Å². The largest absolute Gasteiger partial charge is 0.496 e. The van der Waals surface area contributed by atoms with E-state index in [0.717, 1.165) is 21.5 Å². The van der Waals surface area contributed by atoms with Gasteiger partial charge in [0.25, 0.3) is 0 Å². The summed E-state index contributed by atoms with van der Waals surface area (Å²) < 4.78 is 14.9. The molecular weight excluding hydrogens is 338 g/mol. The Hall–Kier alpha value is -0.960. The number of hydrogen-bond donors (Lipinski definition) is 0. The van der Waals surface area contributed by atoms with Crippen LogP contribution in [-0.4, -0.2) is 13.4 Å². The van der Waals surface area contributed by atoms with Crippen LogP contribution in [-0.2, 0) is 4.57 Å². The summed E-state index contributed by atoms with van der Waals surface area (Å²) in [5, 5.41) is 1.93. The second kappa shape index (κ2) is 7.47. The van der Waals surface area contributed by atoms with Gasteiger partial charge in [-0.3, -0.25) is 4.79 Å². The van der Waals surface area contributed by atoms with Crippen molar-refractivity contribution in [2.24, 2.45) is 0 Å². The molecule has 0 aromatic heterocycles. The van der Waals surface area contributed by atoms with Crippen LogP contribution in [0.15, 0.2) is 34.8 Å². The number of rotatable bonds is 2. The maximum absolute atomic E-state index is 11.0. The highest BCUT2D eigenvalue weighted by Crippen LogP contribution is 2.28. The highest BCUT2D eigenvalue weighted by Gasteiger charge is 2.06. The molecule has 1 unspecified atom stereocenters. The Morgan fingerprint density at radius 1 is 1.33 bits per heavy atom. The monoisotopic (exact) mass is 347 g/mol. The Bertz CT molecular complexity index is 574. The van der Waals surface area contributed by atoms with Crippen LogP contribution in [0.5, 0.6) is 5.75 Å². The smallest absolute Gasteiger partial charge is 0.441 e. The lowest BCUT2D eigenvalue weighted by Gasteiger charge is -2.07. The molecule has 18 heavy (non-hydrogen) atoms. The zero-order valence-corrected chi connectivity index (χ0v) is 12.8. The van der Waals surface area contributed by atoms with Crippen LogP contribution in [0.25, 0.3) is 10.8 Å². The molecule has 0 aliphatic carbocycles. The minimum absolute atomic E-state index is 0.600. The number of methoxy groups -OCH3 is 1. The number of carbonyl (C=O) groups is 1. The van der Waals surface area contributed by atoms with Crippen molar-refractivity contribution in [1.29, 1.82) is 0 Å². The fourth-order valence-corrected chi connectivity index (χ4v) is 1.98. The SMILES string of the molecule is COc1ccc2cc(Br)ccc2c1C=O.O=[PH+]Cl. The topological polar surface area (TPSA) is 43.4 Å². The van der Waals surface area contributed by atoms with Crippen molar-refractivity contribution in [3.63, 3.8) is 0 Å². The molecule has 1 atom stereocenters. The molecule has 2 aromatic carbocycles. The van der Waals surface area contributed by atoms with E-state index in [4.69, 9.17) is 9.30 Å². The van der Waals surface area contributed by atoms with Crippen molar-refractivity contribution in [2.75, 3.05) is 7.11 Å². The lowest BCUT2D eigenvalue weighted by molar-refractivity contribution is 0.112. The number of benzene rings is 2. The molecule has 0 amide bonds. The average molecular weight is 349 g/mol. The van der Waals surface area contributed by atoms with Gasteiger partial charge in [0.05, 0.1) is 12.7 Å². The molecule has 94 valence electrons. The molecule has 0 saturated carbocycles. The van der Waals surface area contributed by atoms with Gasteiger partial charge in [0, 0.05) is 4.47 Å². The molecule has 2 rings (SSSR count). The summed E-state index contributed by atoms with van der Waals surface area (Å²) in [6, 6.07) is 9.53. The maximum atomic E-state index is 11.0. The zero-order valence-electron chi connectivity index (χ0n) is 9.44. The van der Waals surface area contributed by atoms with Crippen molar-refractivity contribution >= 4 is 52.0 Å².